The van der Waals surface area contributed by atoms with E-state index >= 15 is 0 Å². The highest BCUT2D eigenvalue weighted by Crippen LogP contribution is 2.42. The van der Waals surface area contributed by atoms with Crippen LogP contribution in [0.5, 0.6) is 0 Å². The molecule has 2 heterocycles. The van der Waals surface area contributed by atoms with Crippen LogP contribution in [0.1, 0.15) is 29.2 Å². The molecule has 3 unspecified atom stereocenters. The van der Waals surface area contributed by atoms with Crippen LogP contribution in [0, 0.1) is 12.8 Å². The first kappa shape index (κ1) is 11.9. The predicted molar refractivity (Wildman–Crippen MR) is 68.9 cm³/mol. The fourth-order valence-electron chi connectivity index (χ4n) is 2.10. The summed E-state index contributed by atoms with van der Waals surface area (Å²) < 4.78 is 6.72. The molecule has 1 aromatic heterocycles. The predicted octanol–water partition coefficient (Wildman–Crippen LogP) is 4.52. The van der Waals surface area contributed by atoms with E-state index in [0.29, 0.717) is 5.92 Å². The molecule has 15 heavy (non-hydrogen) atoms. The lowest BCUT2D eigenvalue weighted by atomic mass is 9.94. The van der Waals surface area contributed by atoms with Gasteiger partial charge in [-0.2, -0.15) is 0 Å². The average Bonchev–Trinajstić information content (AvgIpc) is 2.71. The number of hydrogen-bond donors (Lipinski definition) is 0. The molecule has 0 N–H and O–H groups in total. The first-order chi connectivity index (χ1) is 7.09. The highest BCUT2D eigenvalue weighted by atomic mass is 79.9. The lowest BCUT2D eigenvalue weighted by Gasteiger charge is -2.20. The lowest BCUT2D eigenvalue weighted by Crippen LogP contribution is -2.16. The quantitative estimate of drug-likeness (QED) is 0.730. The minimum Gasteiger partial charge on any atom is -0.378 e. The molecule has 1 aromatic rings. The Labute approximate surface area is 108 Å². The Balaban J connectivity index is 2.19. The largest absolute Gasteiger partial charge is 0.378 e. The summed E-state index contributed by atoms with van der Waals surface area (Å²) in [6.45, 7) is 5.09. The Morgan fingerprint density at radius 1 is 1.67 bits per heavy atom. The molecule has 3 atom stereocenters. The van der Waals surface area contributed by atoms with Crippen LogP contribution in [0.3, 0.4) is 0 Å². The minimum absolute atomic E-state index is 0.0880. The van der Waals surface area contributed by atoms with Crippen LogP contribution in [-0.2, 0) is 4.74 Å². The maximum absolute atomic E-state index is 6.53. The van der Waals surface area contributed by atoms with E-state index in [2.05, 4.69) is 35.8 Å². The van der Waals surface area contributed by atoms with Gasteiger partial charge in [0.2, 0.25) is 0 Å². The van der Waals surface area contributed by atoms with E-state index in [-0.39, 0.29) is 11.5 Å². The van der Waals surface area contributed by atoms with Gasteiger partial charge in [-0.1, -0.05) is 0 Å². The van der Waals surface area contributed by atoms with Crippen molar-refractivity contribution in [1.29, 1.82) is 0 Å². The van der Waals surface area contributed by atoms with Crippen molar-refractivity contribution in [3.8, 4) is 0 Å². The van der Waals surface area contributed by atoms with Crippen molar-refractivity contribution >= 4 is 38.9 Å². The summed E-state index contributed by atoms with van der Waals surface area (Å²) in [5.41, 5.74) is 1.26. The molecule has 1 fully saturated rings. The number of halogens is 2. The highest BCUT2D eigenvalue weighted by molar-refractivity contribution is 9.11. The van der Waals surface area contributed by atoms with Crippen LogP contribution >= 0.6 is 38.9 Å². The van der Waals surface area contributed by atoms with Gasteiger partial charge in [-0.3, -0.25) is 0 Å². The molecule has 4 heteroatoms. The van der Waals surface area contributed by atoms with Crippen molar-refractivity contribution in [2.75, 3.05) is 6.61 Å². The maximum Gasteiger partial charge on any atom is 0.0704 e. The fraction of sp³-hybridized carbons (Fsp3) is 0.636. The first-order valence-corrected chi connectivity index (χ1v) is 7.15. The smallest absolute Gasteiger partial charge is 0.0704 e. The summed E-state index contributed by atoms with van der Waals surface area (Å²) in [5.74, 6) is 0.451. The maximum atomic E-state index is 6.53. The van der Waals surface area contributed by atoms with Crippen LogP contribution in [-0.4, -0.2) is 12.7 Å². The molecule has 1 nitrogen and oxygen atoms in total. The van der Waals surface area contributed by atoms with Crippen molar-refractivity contribution in [3.05, 3.63) is 20.3 Å². The molecule has 84 valence electrons. The number of hydrogen-bond acceptors (Lipinski definition) is 2. The number of aryl methyl sites for hydroxylation is 1. The first-order valence-electron chi connectivity index (χ1n) is 5.11. The molecular formula is C11H14BrClOS. The van der Waals surface area contributed by atoms with Gasteiger partial charge in [0.25, 0.3) is 0 Å². The third-order valence-corrected chi connectivity index (χ3v) is 5.16. The van der Waals surface area contributed by atoms with Crippen LogP contribution in [0.2, 0.25) is 0 Å². The normalized spacial score (nSPS) is 28.3. The average molecular weight is 310 g/mol. The van der Waals surface area contributed by atoms with Crippen molar-refractivity contribution in [3.63, 3.8) is 0 Å². The summed E-state index contributed by atoms with van der Waals surface area (Å²) >= 11 is 11.8. The second kappa shape index (κ2) is 4.74. The van der Waals surface area contributed by atoms with E-state index in [1.165, 1.54) is 10.4 Å². The fourth-order valence-corrected chi connectivity index (χ4v) is 4.47. The van der Waals surface area contributed by atoms with Gasteiger partial charge in [0, 0.05) is 17.4 Å². The van der Waals surface area contributed by atoms with Gasteiger partial charge in [-0.15, -0.1) is 22.9 Å². The zero-order valence-corrected chi connectivity index (χ0v) is 12.0. The summed E-state index contributed by atoms with van der Waals surface area (Å²) in [6, 6.07) is 2.14. The van der Waals surface area contributed by atoms with E-state index in [9.17, 15) is 0 Å². The summed E-state index contributed by atoms with van der Waals surface area (Å²) in [4.78, 5) is 1.31. The third kappa shape index (κ3) is 2.41. The molecule has 0 bridgehead atoms. The SMILES string of the molecule is Cc1sc(Br)cc1C(Cl)C1CCOC1C. The van der Waals surface area contributed by atoms with Crippen LogP contribution in [0.15, 0.2) is 9.85 Å². The molecular weight excluding hydrogens is 296 g/mol. The van der Waals surface area contributed by atoms with E-state index in [0.717, 1.165) is 16.8 Å². The van der Waals surface area contributed by atoms with Gasteiger partial charge in [-0.25, -0.2) is 0 Å². The summed E-state index contributed by atoms with van der Waals surface area (Å²) in [7, 11) is 0. The third-order valence-electron chi connectivity index (χ3n) is 3.03. The molecule has 0 aliphatic carbocycles. The lowest BCUT2D eigenvalue weighted by molar-refractivity contribution is 0.105. The number of ether oxygens (including phenoxy) is 1. The Kier molecular flexibility index (Phi) is 3.76. The van der Waals surface area contributed by atoms with E-state index in [1.807, 2.05) is 0 Å². The van der Waals surface area contributed by atoms with E-state index < -0.39 is 0 Å². The van der Waals surface area contributed by atoms with Gasteiger partial charge < -0.3 is 4.74 Å². The van der Waals surface area contributed by atoms with Crippen LogP contribution < -0.4 is 0 Å². The number of rotatable bonds is 2. The summed E-state index contributed by atoms with van der Waals surface area (Å²) in [5, 5.41) is 0.0880. The molecule has 0 spiro atoms. The second-order valence-electron chi connectivity index (χ2n) is 3.99. The molecule has 2 rings (SSSR count). The van der Waals surface area contributed by atoms with E-state index in [1.54, 1.807) is 11.3 Å². The number of thiophene rings is 1. The summed E-state index contributed by atoms with van der Waals surface area (Å²) in [6.07, 6.45) is 1.35. The van der Waals surface area contributed by atoms with Crippen molar-refractivity contribution < 1.29 is 4.74 Å². The standard InChI is InChI=1S/C11H14BrClOS/c1-6-8(3-4-14-6)11(13)9-5-10(12)15-7(9)2/h5-6,8,11H,3-4H2,1-2H3. The van der Waals surface area contributed by atoms with Gasteiger partial charge in [0.15, 0.2) is 0 Å². The zero-order chi connectivity index (χ0) is 11.0. The molecule has 1 saturated heterocycles. The van der Waals surface area contributed by atoms with Crippen molar-refractivity contribution in [2.24, 2.45) is 5.92 Å². The van der Waals surface area contributed by atoms with Gasteiger partial charge in [0.05, 0.1) is 15.3 Å². The Morgan fingerprint density at radius 3 is 2.87 bits per heavy atom. The Hall–Kier alpha value is 0.430. The van der Waals surface area contributed by atoms with Gasteiger partial charge in [0.1, 0.15) is 0 Å². The monoisotopic (exact) mass is 308 g/mol. The molecule has 0 amide bonds. The molecule has 0 radical (unpaired) electrons. The zero-order valence-electron chi connectivity index (χ0n) is 8.80. The van der Waals surface area contributed by atoms with Crippen molar-refractivity contribution in [2.45, 2.75) is 31.7 Å². The van der Waals surface area contributed by atoms with E-state index in [4.69, 9.17) is 16.3 Å². The molecule has 1 aliphatic rings. The van der Waals surface area contributed by atoms with Crippen LogP contribution in [0.25, 0.3) is 0 Å². The molecule has 0 aromatic carbocycles. The topological polar surface area (TPSA) is 9.23 Å². The molecule has 1 aliphatic heterocycles. The van der Waals surface area contributed by atoms with Gasteiger partial charge >= 0.3 is 0 Å². The van der Waals surface area contributed by atoms with Crippen LogP contribution in [0.4, 0.5) is 0 Å². The Morgan fingerprint density at radius 2 is 2.40 bits per heavy atom. The van der Waals surface area contributed by atoms with Crippen molar-refractivity contribution in [1.82, 2.24) is 0 Å². The van der Waals surface area contributed by atoms with Gasteiger partial charge in [-0.05, 0) is 47.8 Å². The number of alkyl halides is 1. The molecule has 0 saturated carbocycles. The second-order valence-corrected chi connectivity index (χ2v) is 7.10. The Bertz CT molecular complexity index is 352. The minimum atomic E-state index is 0.0880. The highest BCUT2D eigenvalue weighted by Gasteiger charge is 2.32.